The Balaban J connectivity index is 0.00000120. The molecule has 0 saturated carbocycles. The number of carbonyl (C=O) groups excluding carboxylic acids is 1. The molecule has 0 spiro atoms. The van der Waals surface area contributed by atoms with Crippen molar-refractivity contribution in [2.45, 2.75) is 25.7 Å². The van der Waals surface area contributed by atoms with Crippen LogP contribution in [-0.2, 0) is 12.8 Å². The van der Waals surface area contributed by atoms with Gasteiger partial charge in [0.25, 0.3) is 5.91 Å². The van der Waals surface area contributed by atoms with Gasteiger partial charge in [-0.3, -0.25) is 4.79 Å². The van der Waals surface area contributed by atoms with Crippen LogP contribution in [0.1, 0.15) is 33.0 Å². The minimum Gasteiger partial charge on any atom is -0.335 e. The van der Waals surface area contributed by atoms with Crippen LogP contribution in [0, 0.1) is 0 Å². The molecule has 1 aromatic rings. The summed E-state index contributed by atoms with van der Waals surface area (Å²) in [6.07, 6.45) is 4.91. The minimum atomic E-state index is 0. The van der Waals surface area contributed by atoms with Gasteiger partial charge in [-0.05, 0) is 37.3 Å². The maximum atomic E-state index is 12.3. The highest BCUT2D eigenvalue weighted by Gasteiger charge is 2.22. The Morgan fingerprint density at radius 3 is 2.67 bits per heavy atom. The number of halogens is 1. The first-order valence-electron chi connectivity index (χ1n) is 6.46. The Kier molecular flexibility index (Phi) is 4.65. The molecule has 1 fully saturated rings. The average molecular weight is 287 g/mol. The van der Waals surface area contributed by atoms with E-state index < -0.39 is 0 Å². The summed E-state index contributed by atoms with van der Waals surface area (Å²) in [6.45, 7) is 3.55. The molecule has 18 heavy (non-hydrogen) atoms. The van der Waals surface area contributed by atoms with Gasteiger partial charge >= 0.3 is 0 Å². The Morgan fingerprint density at radius 2 is 1.94 bits per heavy atom. The number of hydrogen-bond acceptors (Lipinski definition) is 3. The second-order valence-electron chi connectivity index (χ2n) is 4.81. The second-order valence-corrected chi connectivity index (χ2v) is 5.95. The lowest BCUT2D eigenvalue weighted by Crippen LogP contribution is -2.46. The summed E-state index contributed by atoms with van der Waals surface area (Å²) in [5, 5.41) is 3.28. The van der Waals surface area contributed by atoms with Crippen molar-refractivity contribution in [3.8, 4) is 0 Å². The first kappa shape index (κ1) is 13.8. The molecule has 0 bridgehead atoms. The van der Waals surface area contributed by atoms with E-state index in [2.05, 4.69) is 11.4 Å². The molecule has 1 N–H and O–H groups in total. The van der Waals surface area contributed by atoms with Gasteiger partial charge < -0.3 is 10.2 Å². The molecule has 3 nitrogen and oxygen atoms in total. The molecule has 1 aliphatic heterocycles. The first-order valence-corrected chi connectivity index (χ1v) is 7.28. The molecule has 2 aliphatic rings. The lowest BCUT2D eigenvalue weighted by molar-refractivity contribution is 0.0740. The Labute approximate surface area is 118 Å². The Morgan fingerprint density at radius 1 is 1.22 bits per heavy atom. The molecule has 1 saturated heterocycles. The molecule has 1 aromatic heterocycles. The first-order chi connectivity index (χ1) is 8.34. The van der Waals surface area contributed by atoms with Crippen LogP contribution in [0.5, 0.6) is 0 Å². The summed E-state index contributed by atoms with van der Waals surface area (Å²) < 4.78 is 0. The third-order valence-corrected chi connectivity index (χ3v) is 4.84. The smallest absolute Gasteiger partial charge is 0.264 e. The van der Waals surface area contributed by atoms with Gasteiger partial charge in [0.1, 0.15) is 0 Å². The fourth-order valence-corrected chi connectivity index (χ4v) is 3.84. The van der Waals surface area contributed by atoms with Crippen molar-refractivity contribution in [2.24, 2.45) is 0 Å². The van der Waals surface area contributed by atoms with E-state index in [9.17, 15) is 4.79 Å². The summed E-state index contributed by atoms with van der Waals surface area (Å²) in [4.78, 5) is 16.7. The molecule has 0 radical (unpaired) electrons. The lowest BCUT2D eigenvalue weighted by atomic mass is 9.99. The highest BCUT2D eigenvalue weighted by Crippen LogP contribution is 2.30. The molecule has 2 heterocycles. The van der Waals surface area contributed by atoms with Gasteiger partial charge in [-0.2, -0.15) is 0 Å². The van der Waals surface area contributed by atoms with Gasteiger partial charge in [0, 0.05) is 31.1 Å². The Hall–Kier alpha value is -0.580. The molecule has 100 valence electrons. The summed E-state index contributed by atoms with van der Waals surface area (Å²) in [7, 11) is 0. The summed E-state index contributed by atoms with van der Waals surface area (Å²) >= 11 is 1.73. The minimum absolute atomic E-state index is 0. The van der Waals surface area contributed by atoms with Crippen molar-refractivity contribution < 1.29 is 4.79 Å². The zero-order valence-corrected chi connectivity index (χ0v) is 12.0. The highest BCUT2D eigenvalue weighted by molar-refractivity contribution is 7.14. The quantitative estimate of drug-likeness (QED) is 0.857. The van der Waals surface area contributed by atoms with Crippen LogP contribution in [0.15, 0.2) is 6.07 Å². The van der Waals surface area contributed by atoms with Crippen molar-refractivity contribution in [3.63, 3.8) is 0 Å². The molecule has 3 rings (SSSR count). The van der Waals surface area contributed by atoms with E-state index in [1.165, 1.54) is 36.1 Å². The number of thiophene rings is 1. The summed E-state index contributed by atoms with van der Waals surface area (Å²) in [6, 6.07) is 2.14. The van der Waals surface area contributed by atoms with E-state index >= 15 is 0 Å². The van der Waals surface area contributed by atoms with E-state index in [0.29, 0.717) is 0 Å². The largest absolute Gasteiger partial charge is 0.335 e. The van der Waals surface area contributed by atoms with Crippen molar-refractivity contribution >= 4 is 29.7 Å². The second kappa shape index (κ2) is 6.04. The molecule has 0 aromatic carbocycles. The third kappa shape index (κ3) is 2.71. The molecule has 1 amide bonds. The van der Waals surface area contributed by atoms with E-state index in [-0.39, 0.29) is 18.3 Å². The maximum absolute atomic E-state index is 12.3. The molecule has 1 aliphatic carbocycles. The molecule has 0 unspecified atom stereocenters. The van der Waals surface area contributed by atoms with Gasteiger partial charge in [0.2, 0.25) is 0 Å². The van der Waals surface area contributed by atoms with Gasteiger partial charge in [0.15, 0.2) is 0 Å². The van der Waals surface area contributed by atoms with Gasteiger partial charge in [-0.25, -0.2) is 0 Å². The summed E-state index contributed by atoms with van der Waals surface area (Å²) in [5.41, 5.74) is 1.43. The average Bonchev–Trinajstić information content (AvgIpc) is 2.82. The van der Waals surface area contributed by atoms with Crippen LogP contribution < -0.4 is 5.32 Å². The van der Waals surface area contributed by atoms with Crippen LogP contribution in [-0.4, -0.2) is 37.0 Å². The molecular formula is C13H19ClN2OS. The van der Waals surface area contributed by atoms with Crippen molar-refractivity contribution in [1.82, 2.24) is 10.2 Å². The number of carbonyl (C=O) groups is 1. The lowest BCUT2D eigenvalue weighted by Gasteiger charge is -2.26. The van der Waals surface area contributed by atoms with Crippen molar-refractivity contribution in [3.05, 3.63) is 21.4 Å². The predicted octanol–water partition coefficient (Wildman–Crippen LogP) is 2.09. The van der Waals surface area contributed by atoms with Gasteiger partial charge in [-0.15, -0.1) is 23.7 Å². The van der Waals surface area contributed by atoms with E-state index in [1.54, 1.807) is 11.3 Å². The van der Waals surface area contributed by atoms with Crippen LogP contribution in [0.4, 0.5) is 0 Å². The number of piperazine rings is 1. The fourth-order valence-electron chi connectivity index (χ4n) is 2.62. The third-order valence-electron chi connectivity index (χ3n) is 3.61. The topological polar surface area (TPSA) is 32.3 Å². The maximum Gasteiger partial charge on any atom is 0.264 e. The van der Waals surface area contributed by atoms with Gasteiger partial charge in [-0.1, -0.05) is 0 Å². The number of fused-ring (bicyclic) bond motifs is 1. The standard InChI is InChI=1S/C13H18N2OS.ClH/c16-13(15-7-5-14-6-8-15)12-9-10-3-1-2-4-11(10)17-12;/h9,14H,1-8H2;1H. The normalized spacial score (nSPS) is 19.0. The number of hydrogen-bond donors (Lipinski definition) is 1. The van der Waals surface area contributed by atoms with E-state index in [4.69, 9.17) is 0 Å². The predicted molar refractivity (Wildman–Crippen MR) is 77.0 cm³/mol. The zero-order chi connectivity index (χ0) is 11.7. The van der Waals surface area contributed by atoms with Gasteiger partial charge in [0.05, 0.1) is 4.88 Å². The fraction of sp³-hybridized carbons (Fsp3) is 0.615. The molecular weight excluding hydrogens is 268 g/mol. The highest BCUT2D eigenvalue weighted by atomic mass is 35.5. The van der Waals surface area contributed by atoms with E-state index in [0.717, 1.165) is 31.1 Å². The number of amides is 1. The number of rotatable bonds is 1. The zero-order valence-electron chi connectivity index (χ0n) is 10.4. The number of aryl methyl sites for hydroxylation is 2. The molecule has 5 heteroatoms. The number of nitrogens with zero attached hydrogens (tertiary/aromatic N) is 1. The van der Waals surface area contributed by atoms with Crippen LogP contribution in [0.3, 0.4) is 0 Å². The Bertz CT molecular complexity index is 403. The van der Waals surface area contributed by atoms with Crippen LogP contribution in [0.25, 0.3) is 0 Å². The van der Waals surface area contributed by atoms with E-state index in [1.807, 2.05) is 4.90 Å². The van der Waals surface area contributed by atoms with Crippen LogP contribution >= 0.6 is 23.7 Å². The summed E-state index contributed by atoms with van der Waals surface area (Å²) in [5.74, 6) is 0.242. The molecule has 0 atom stereocenters. The van der Waals surface area contributed by atoms with Crippen molar-refractivity contribution in [1.29, 1.82) is 0 Å². The SMILES string of the molecule is Cl.O=C(c1cc2c(s1)CCCC2)N1CCNCC1. The monoisotopic (exact) mass is 286 g/mol. The van der Waals surface area contributed by atoms with Crippen LogP contribution in [0.2, 0.25) is 0 Å². The number of nitrogens with one attached hydrogen (secondary N) is 1. The van der Waals surface area contributed by atoms with Crippen molar-refractivity contribution in [2.75, 3.05) is 26.2 Å².